The van der Waals surface area contributed by atoms with Gasteiger partial charge in [0.2, 0.25) is 0 Å². The van der Waals surface area contributed by atoms with Gasteiger partial charge < -0.3 is 10.1 Å². The van der Waals surface area contributed by atoms with E-state index in [0.29, 0.717) is 17.9 Å². The Morgan fingerprint density at radius 3 is 2.81 bits per heavy atom. The van der Waals surface area contributed by atoms with Crippen molar-refractivity contribution in [3.05, 3.63) is 29.6 Å². The first-order valence-electron chi connectivity index (χ1n) is 5.81. The molecule has 0 spiro atoms. The molecule has 1 aromatic carbocycles. The van der Waals surface area contributed by atoms with Crippen molar-refractivity contribution < 1.29 is 9.13 Å². The van der Waals surface area contributed by atoms with Crippen molar-refractivity contribution in [3.8, 4) is 5.75 Å². The van der Waals surface area contributed by atoms with E-state index < -0.39 is 0 Å². The van der Waals surface area contributed by atoms with E-state index in [4.69, 9.17) is 4.74 Å². The third-order valence-corrected chi connectivity index (χ3v) is 2.55. The Bertz CT molecular complexity index is 315. The summed E-state index contributed by atoms with van der Waals surface area (Å²) in [6, 6.07) is 4.91. The molecule has 0 fully saturated rings. The normalized spacial score (nSPS) is 10.4. The van der Waals surface area contributed by atoms with Crippen LogP contribution >= 0.6 is 0 Å². The zero-order chi connectivity index (χ0) is 11.8. The molecule has 1 aromatic rings. The molecule has 0 heterocycles. The molecule has 1 rings (SSSR count). The Balaban J connectivity index is 2.46. The van der Waals surface area contributed by atoms with Crippen LogP contribution in [0, 0.1) is 5.82 Å². The van der Waals surface area contributed by atoms with Crippen LogP contribution in [0.4, 0.5) is 4.39 Å². The van der Waals surface area contributed by atoms with Gasteiger partial charge in [-0.05, 0) is 25.1 Å². The van der Waals surface area contributed by atoms with Crippen molar-refractivity contribution in [2.45, 2.75) is 32.7 Å². The number of rotatable bonds is 7. The molecule has 0 aliphatic rings. The van der Waals surface area contributed by atoms with E-state index in [-0.39, 0.29) is 5.82 Å². The van der Waals surface area contributed by atoms with Gasteiger partial charge in [0.1, 0.15) is 11.6 Å². The Morgan fingerprint density at radius 2 is 2.12 bits per heavy atom. The summed E-state index contributed by atoms with van der Waals surface area (Å²) in [6.45, 7) is 3.62. The molecule has 0 saturated carbocycles. The summed E-state index contributed by atoms with van der Waals surface area (Å²) in [7, 11) is 1.56. The molecule has 0 amide bonds. The molecule has 0 atom stereocenters. The summed E-state index contributed by atoms with van der Waals surface area (Å²) in [4.78, 5) is 0. The van der Waals surface area contributed by atoms with Crippen LogP contribution in [0.2, 0.25) is 0 Å². The maximum Gasteiger partial charge on any atom is 0.131 e. The van der Waals surface area contributed by atoms with Crippen molar-refractivity contribution in [2.24, 2.45) is 0 Å². The van der Waals surface area contributed by atoms with Gasteiger partial charge in [-0.2, -0.15) is 0 Å². The summed E-state index contributed by atoms with van der Waals surface area (Å²) in [6.07, 6.45) is 3.54. The lowest BCUT2D eigenvalue weighted by molar-refractivity contribution is 0.401. The second-order valence-corrected chi connectivity index (χ2v) is 3.80. The molecule has 0 unspecified atom stereocenters. The minimum atomic E-state index is -0.206. The summed E-state index contributed by atoms with van der Waals surface area (Å²) < 4.78 is 18.6. The zero-order valence-electron chi connectivity index (χ0n) is 10.1. The van der Waals surface area contributed by atoms with Gasteiger partial charge in [0.15, 0.2) is 0 Å². The molecule has 0 aliphatic heterocycles. The summed E-state index contributed by atoms with van der Waals surface area (Å²) in [5.41, 5.74) is 0.612. The lowest BCUT2D eigenvalue weighted by Gasteiger charge is -2.10. The molecule has 2 nitrogen and oxygen atoms in total. The van der Waals surface area contributed by atoms with E-state index in [1.54, 1.807) is 19.2 Å². The highest BCUT2D eigenvalue weighted by atomic mass is 19.1. The third kappa shape index (κ3) is 3.81. The molecule has 0 radical (unpaired) electrons. The molecule has 3 heteroatoms. The quantitative estimate of drug-likeness (QED) is 0.720. The Morgan fingerprint density at radius 1 is 1.31 bits per heavy atom. The van der Waals surface area contributed by atoms with Crippen molar-refractivity contribution in [1.29, 1.82) is 0 Å². The molecule has 16 heavy (non-hydrogen) atoms. The molecular formula is C13H20FNO. The van der Waals surface area contributed by atoms with Crippen LogP contribution < -0.4 is 10.1 Å². The lowest BCUT2D eigenvalue weighted by Crippen LogP contribution is -2.16. The van der Waals surface area contributed by atoms with E-state index in [0.717, 1.165) is 13.0 Å². The van der Waals surface area contributed by atoms with Gasteiger partial charge in [-0.15, -0.1) is 0 Å². The molecule has 90 valence electrons. The van der Waals surface area contributed by atoms with Crippen LogP contribution in [-0.2, 0) is 6.54 Å². The van der Waals surface area contributed by atoms with E-state index in [1.807, 2.05) is 0 Å². The number of hydrogen-bond acceptors (Lipinski definition) is 2. The topological polar surface area (TPSA) is 21.3 Å². The fraction of sp³-hybridized carbons (Fsp3) is 0.538. The number of benzene rings is 1. The number of ether oxygens (including phenoxy) is 1. The minimum absolute atomic E-state index is 0.206. The molecule has 0 bridgehead atoms. The zero-order valence-corrected chi connectivity index (χ0v) is 10.1. The fourth-order valence-electron chi connectivity index (χ4n) is 1.62. The monoisotopic (exact) mass is 225 g/mol. The van der Waals surface area contributed by atoms with Crippen LogP contribution in [0.1, 0.15) is 31.7 Å². The van der Waals surface area contributed by atoms with Crippen LogP contribution in [-0.4, -0.2) is 13.7 Å². The summed E-state index contributed by atoms with van der Waals surface area (Å²) in [5.74, 6) is 0.408. The molecule has 0 saturated heterocycles. The Labute approximate surface area is 96.8 Å². The van der Waals surface area contributed by atoms with Crippen LogP contribution in [0.15, 0.2) is 18.2 Å². The van der Waals surface area contributed by atoms with Gasteiger partial charge in [-0.1, -0.05) is 25.8 Å². The molecule has 0 aliphatic carbocycles. The van der Waals surface area contributed by atoms with Crippen molar-refractivity contribution in [2.75, 3.05) is 13.7 Å². The molecule has 0 aromatic heterocycles. The second-order valence-electron chi connectivity index (χ2n) is 3.80. The Hall–Kier alpha value is -1.09. The predicted octanol–water partition coefficient (Wildman–Crippen LogP) is 3.11. The number of halogens is 1. The van der Waals surface area contributed by atoms with E-state index in [9.17, 15) is 4.39 Å². The maximum absolute atomic E-state index is 13.5. The van der Waals surface area contributed by atoms with Gasteiger partial charge in [-0.25, -0.2) is 4.39 Å². The van der Waals surface area contributed by atoms with Gasteiger partial charge in [0, 0.05) is 12.1 Å². The second kappa shape index (κ2) is 7.23. The van der Waals surface area contributed by atoms with Gasteiger partial charge >= 0.3 is 0 Å². The summed E-state index contributed by atoms with van der Waals surface area (Å²) in [5, 5.41) is 3.23. The number of hydrogen-bond donors (Lipinski definition) is 1. The standard InChI is InChI=1S/C13H20FNO/c1-3-4-5-9-15-10-11-12(14)7-6-8-13(11)16-2/h6-8,15H,3-5,9-10H2,1-2H3. The predicted molar refractivity (Wildman–Crippen MR) is 64.2 cm³/mol. The van der Waals surface area contributed by atoms with Crippen LogP contribution in [0.5, 0.6) is 5.75 Å². The first kappa shape index (κ1) is 13.0. The number of unbranched alkanes of at least 4 members (excludes halogenated alkanes) is 2. The molecule has 1 N–H and O–H groups in total. The van der Waals surface area contributed by atoms with Crippen molar-refractivity contribution in [3.63, 3.8) is 0 Å². The SMILES string of the molecule is CCCCCNCc1c(F)cccc1OC. The average molecular weight is 225 g/mol. The average Bonchev–Trinajstić information content (AvgIpc) is 2.30. The minimum Gasteiger partial charge on any atom is -0.496 e. The van der Waals surface area contributed by atoms with Crippen molar-refractivity contribution in [1.82, 2.24) is 5.32 Å². The number of methoxy groups -OCH3 is 1. The molecular weight excluding hydrogens is 205 g/mol. The Kier molecular flexibility index (Phi) is 5.86. The number of nitrogens with one attached hydrogen (secondary N) is 1. The fourth-order valence-corrected chi connectivity index (χ4v) is 1.62. The van der Waals surface area contributed by atoms with E-state index in [2.05, 4.69) is 12.2 Å². The highest BCUT2D eigenvalue weighted by Crippen LogP contribution is 2.20. The van der Waals surface area contributed by atoms with E-state index >= 15 is 0 Å². The third-order valence-electron chi connectivity index (χ3n) is 2.55. The van der Waals surface area contributed by atoms with Gasteiger partial charge in [0.25, 0.3) is 0 Å². The highest BCUT2D eigenvalue weighted by Gasteiger charge is 2.07. The van der Waals surface area contributed by atoms with Crippen molar-refractivity contribution >= 4 is 0 Å². The van der Waals surface area contributed by atoms with Gasteiger partial charge in [0.05, 0.1) is 7.11 Å². The summed E-state index contributed by atoms with van der Waals surface area (Å²) >= 11 is 0. The lowest BCUT2D eigenvalue weighted by atomic mass is 10.2. The first-order valence-corrected chi connectivity index (χ1v) is 5.81. The largest absolute Gasteiger partial charge is 0.496 e. The van der Waals surface area contributed by atoms with E-state index in [1.165, 1.54) is 18.9 Å². The maximum atomic E-state index is 13.5. The smallest absolute Gasteiger partial charge is 0.131 e. The van der Waals surface area contributed by atoms with Crippen LogP contribution in [0.25, 0.3) is 0 Å². The highest BCUT2D eigenvalue weighted by molar-refractivity contribution is 5.34. The first-order chi connectivity index (χ1) is 7.79. The van der Waals surface area contributed by atoms with Crippen LogP contribution in [0.3, 0.4) is 0 Å². The van der Waals surface area contributed by atoms with Gasteiger partial charge in [-0.3, -0.25) is 0 Å².